The Hall–Kier alpha value is -1.63. The van der Waals surface area contributed by atoms with Crippen LogP contribution in [0, 0.1) is 5.82 Å². The van der Waals surface area contributed by atoms with Crippen LogP contribution >= 0.6 is 0 Å². The lowest BCUT2D eigenvalue weighted by Gasteiger charge is -2.19. The Labute approximate surface area is 115 Å². The number of rotatable bonds is 3. The Morgan fingerprint density at radius 2 is 1.47 bits per heavy atom. The Bertz CT molecular complexity index is 532. The molecule has 0 unspecified atom stereocenters. The minimum Gasteiger partial charge on any atom is -0.207 e. The summed E-state index contributed by atoms with van der Waals surface area (Å²) < 4.78 is 13.1. The van der Waals surface area contributed by atoms with Crippen LogP contribution in [0.4, 0.5) is 4.39 Å². The molecule has 0 aliphatic heterocycles. The van der Waals surface area contributed by atoms with Crippen molar-refractivity contribution in [1.29, 1.82) is 0 Å². The molecule has 0 amide bonds. The van der Waals surface area contributed by atoms with Gasteiger partial charge >= 0.3 is 0 Å². The Balaban J connectivity index is 2.01. The van der Waals surface area contributed by atoms with E-state index >= 15 is 0 Å². The van der Waals surface area contributed by atoms with E-state index in [-0.39, 0.29) is 11.2 Å². The van der Waals surface area contributed by atoms with E-state index in [2.05, 4.69) is 45.0 Å². The molecule has 0 nitrogen and oxygen atoms in total. The van der Waals surface area contributed by atoms with Crippen LogP contribution in [0.5, 0.6) is 0 Å². The zero-order chi connectivity index (χ0) is 13.9. The quantitative estimate of drug-likeness (QED) is 0.732. The van der Waals surface area contributed by atoms with Gasteiger partial charge in [0.2, 0.25) is 0 Å². The summed E-state index contributed by atoms with van der Waals surface area (Å²) in [5, 5.41) is 0. The number of hydrogen-bond donors (Lipinski definition) is 0. The van der Waals surface area contributed by atoms with Crippen LogP contribution < -0.4 is 0 Å². The second-order valence-corrected chi connectivity index (χ2v) is 6.08. The molecule has 100 valence electrons. The SMILES string of the molecule is CC(C)(C)c1ccc(CCc2cccc(F)c2)cc1. The van der Waals surface area contributed by atoms with Gasteiger partial charge in [-0.05, 0) is 47.1 Å². The summed E-state index contributed by atoms with van der Waals surface area (Å²) in [6.07, 6.45) is 1.83. The number of benzene rings is 2. The highest BCUT2D eigenvalue weighted by Crippen LogP contribution is 2.22. The predicted molar refractivity (Wildman–Crippen MR) is 79.0 cm³/mol. The lowest BCUT2D eigenvalue weighted by molar-refractivity contribution is 0.590. The van der Waals surface area contributed by atoms with Crippen molar-refractivity contribution >= 4 is 0 Å². The minimum atomic E-state index is -0.152. The van der Waals surface area contributed by atoms with Gasteiger partial charge < -0.3 is 0 Å². The molecule has 0 radical (unpaired) electrons. The van der Waals surface area contributed by atoms with Gasteiger partial charge in [0.25, 0.3) is 0 Å². The molecule has 0 aliphatic rings. The van der Waals surface area contributed by atoms with E-state index in [1.54, 1.807) is 12.1 Å². The van der Waals surface area contributed by atoms with Gasteiger partial charge in [-0.3, -0.25) is 0 Å². The molecular formula is C18H21F. The van der Waals surface area contributed by atoms with Crippen LogP contribution in [0.15, 0.2) is 48.5 Å². The Kier molecular flexibility index (Phi) is 4.04. The van der Waals surface area contributed by atoms with Crippen LogP contribution in [-0.4, -0.2) is 0 Å². The number of halogens is 1. The van der Waals surface area contributed by atoms with E-state index in [1.165, 1.54) is 17.2 Å². The van der Waals surface area contributed by atoms with E-state index in [0.717, 1.165) is 18.4 Å². The second-order valence-electron chi connectivity index (χ2n) is 6.08. The lowest BCUT2D eigenvalue weighted by Crippen LogP contribution is -2.10. The molecule has 19 heavy (non-hydrogen) atoms. The molecule has 0 atom stereocenters. The first-order valence-electron chi connectivity index (χ1n) is 6.79. The first-order chi connectivity index (χ1) is 8.95. The average Bonchev–Trinajstić information content (AvgIpc) is 2.36. The fourth-order valence-electron chi connectivity index (χ4n) is 2.15. The van der Waals surface area contributed by atoms with E-state index in [0.29, 0.717) is 0 Å². The van der Waals surface area contributed by atoms with Gasteiger partial charge in [-0.2, -0.15) is 0 Å². The second kappa shape index (κ2) is 5.56. The van der Waals surface area contributed by atoms with Crippen molar-refractivity contribution in [1.82, 2.24) is 0 Å². The molecule has 2 rings (SSSR count). The molecule has 0 saturated carbocycles. The third-order valence-electron chi connectivity index (χ3n) is 3.41. The summed E-state index contributed by atoms with van der Waals surface area (Å²) in [7, 11) is 0. The highest BCUT2D eigenvalue weighted by Gasteiger charge is 2.12. The zero-order valence-electron chi connectivity index (χ0n) is 11.9. The van der Waals surface area contributed by atoms with Crippen LogP contribution in [0.3, 0.4) is 0 Å². The maximum absolute atomic E-state index is 13.1. The van der Waals surface area contributed by atoms with Gasteiger partial charge in [0.1, 0.15) is 5.82 Å². The van der Waals surface area contributed by atoms with Gasteiger partial charge in [-0.15, -0.1) is 0 Å². The highest BCUT2D eigenvalue weighted by atomic mass is 19.1. The van der Waals surface area contributed by atoms with E-state index in [1.807, 2.05) is 6.07 Å². The molecule has 0 saturated heterocycles. The maximum Gasteiger partial charge on any atom is 0.123 e. The summed E-state index contributed by atoms with van der Waals surface area (Å²) in [5.74, 6) is -0.152. The zero-order valence-corrected chi connectivity index (χ0v) is 11.9. The first-order valence-corrected chi connectivity index (χ1v) is 6.79. The predicted octanol–water partition coefficient (Wildman–Crippen LogP) is 4.91. The maximum atomic E-state index is 13.1. The van der Waals surface area contributed by atoms with Gasteiger partial charge in [0, 0.05) is 0 Å². The van der Waals surface area contributed by atoms with Crippen LogP contribution in [0.2, 0.25) is 0 Å². The smallest absolute Gasteiger partial charge is 0.123 e. The van der Waals surface area contributed by atoms with E-state index in [4.69, 9.17) is 0 Å². The molecule has 0 bridgehead atoms. The first kappa shape index (κ1) is 13.8. The molecule has 1 heteroatoms. The van der Waals surface area contributed by atoms with Gasteiger partial charge in [0.05, 0.1) is 0 Å². The topological polar surface area (TPSA) is 0 Å². The van der Waals surface area contributed by atoms with Gasteiger partial charge in [-0.1, -0.05) is 57.2 Å². The van der Waals surface area contributed by atoms with Crippen molar-refractivity contribution in [3.8, 4) is 0 Å². The molecule has 0 heterocycles. The Morgan fingerprint density at radius 3 is 2.05 bits per heavy atom. The van der Waals surface area contributed by atoms with Crippen molar-refractivity contribution in [2.24, 2.45) is 0 Å². The molecule has 0 aliphatic carbocycles. The standard InChI is InChI=1S/C18H21F/c1-18(2,3)16-11-9-14(10-12-16)7-8-15-5-4-6-17(19)13-15/h4-6,9-13H,7-8H2,1-3H3. The molecule has 0 aromatic heterocycles. The fourth-order valence-corrected chi connectivity index (χ4v) is 2.15. The molecule has 2 aromatic rings. The van der Waals surface area contributed by atoms with Gasteiger partial charge in [0.15, 0.2) is 0 Å². The molecular weight excluding hydrogens is 235 g/mol. The van der Waals surface area contributed by atoms with Crippen molar-refractivity contribution in [2.75, 3.05) is 0 Å². The summed E-state index contributed by atoms with van der Waals surface area (Å²) in [5.41, 5.74) is 3.90. The average molecular weight is 256 g/mol. The van der Waals surface area contributed by atoms with E-state index in [9.17, 15) is 4.39 Å². The summed E-state index contributed by atoms with van der Waals surface area (Å²) in [6.45, 7) is 6.65. The Morgan fingerprint density at radius 1 is 0.842 bits per heavy atom. The minimum absolute atomic E-state index is 0.152. The van der Waals surface area contributed by atoms with Crippen molar-refractivity contribution in [3.05, 3.63) is 71.0 Å². The van der Waals surface area contributed by atoms with Crippen LogP contribution in [0.1, 0.15) is 37.5 Å². The van der Waals surface area contributed by atoms with Crippen LogP contribution in [0.25, 0.3) is 0 Å². The monoisotopic (exact) mass is 256 g/mol. The third kappa shape index (κ3) is 3.92. The molecule has 0 N–H and O–H groups in total. The molecule has 0 spiro atoms. The number of hydrogen-bond acceptors (Lipinski definition) is 0. The lowest BCUT2D eigenvalue weighted by atomic mass is 9.86. The fraction of sp³-hybridized carbons (Fsp3) is 0.333. The number of aryl methyl sites for hydroxylation is 2. The van der Waals surface area contributed by atoms with Crippen LogP contribution in [-0.2, 0) is 18.3 Å². The largest absolute Gasteiger partial charge is 0.207 e. The molecule has 2 aromatic carbocycles. The van der Waals surface area contributed by atoms with Crippen molar-refractivity contribution < 1.29 is 4.39 Å². The highest BCUT2D eigenvalue weighted by molar-refractivity contribution is 5.28. The molecule has 0 fully saturated rings. The summed E-state index contributed by atoms with van der Waals surface area (Å²) in [6, 6.07) is 15.6. The van der Waals surface area contributed by atoms with Gasteiger partial charge in [-0.25, -0.2) is 4.39 Å². The van der Waals surface area contributed by atoms with Crippen molar-refractivity contribution in [3.63, 3.8) is 0 Å². The normalized spacial score (nSPS) is 11.6. The summed E-state index contributed by atoms with van der Waals surface area (Å²) in [4.78, 5) is 0. The van der Waals surface area contributed by atoms with E-state index < -0.39 is 0 Å². The summed E-state index contributed by atoms with van der Waals surface area (Å²) >= 11 is 0. The third-order valence-corrected chi connectivity index (χ3v) is 3.41. The van der Waals surface area contributed by atoms with Crippen molar-refractivity contribution in [2.45, 2.75) is 39.0 Å².